The number of aromatic amines is 1. The van der Waals surface area contributed by atoms with Gasteiger partial charge in [-0.3, -0.25) is 14.3 Å². The van der Waals surface area contributed by atoms with E-state index in [9.17, 15) is 9.59 Å². The van der Waals surface area contributed by atoms with Gasteiger partial charge in [-0.15, -0.1) is 0 Å². The first-order valence-electron chi connectivity index (χ1n) is 11.1. The van der Waals surface area contributed by atoms with Gasteiger partial charge in [-0.25, -0.2) is 10.2 Å². The molecule has 1 aromatic carbocycles. The summed E-state index contributed by atoms with van der Waals surface area (Å²) in [7, 11) is 1.61. The summed E-state index contributed by atoms with van der Waals surface area (Å²) in [5.41, 5.74) is 4.66. The van der Waals surface area contributed by atoms with Crippen LogP contribution in [0.25, 0.3) is 11.2 Å². The molecule has 31 heavy (non-hydrogen) atoms. The van der Waals surface area contributed by atoms with Gasteiger partial charge in [0.1, 0.15) is 0 Å². The summed E-state index contributed by atoms with van der Waals surface area (Å²) in [6.07, 6.45) is 8.21. The maximum atomic E-state index is 12.6. The van der Waals surface area contributed by atoms with E-state index in [4.69, 9.17) is 0 Å². The first-order chi connectivity index (χ1) is 15.0. The molecule has 0 spiro atoms. The number of aromatic nitrogens is 4. The lowest BCUT2D eigenvalue weighted by atomic mass is 10.1. The number of anilines is 1. The Bertz CT molecular complexity index is 1140. The van der Waals surface area contributed by atoms with Crippen molar-refractivity contribution in [3.05, 3.63) is 56.7 Å². The zero-order valence-electron chi connectivity index (χ0n) is 18.6. The zero-order chi connectivity index (χ0) is 22.2. The average Bonchev–Trinajstić information content (AvgIpc) is 3.15. The molecule has 0 aliphatic carbocycles. The first kappa shape index (κ1) is 22.5. The van der Waals surface area contributed by atoms with Crippen LogP contribution < -0.4 is 16.7 Å². The third-order valence-electron chi connectivity index (χ3n) is 5.51. The second kappa shape index (κ2) is 10.7. The maximum absolute atomic E-state index is 12.6. The third-order valence-corrected chi connectivity index (χ3v) is 5.51. The lowest BCUT2D eigenvalue weighted by molar-refractivity contribution is 0.556. The van der Waals surface area contributed by atoms with E-state index in [1.165, 1.54) is 36.7 Å². The summed E-state index contributed by atoms with van der Waals surface area (Å²) >= 11 is 0. The number of unbranched alkanes of at least 4 members (excludes halogenated alkanes) is 6. The molecule has 166 valence electrons. The fourth-order valence-electron chi connectivity index (χ4n) is 3.64. The Labute approximate surface area is 182 Å². The number of aryl methyl sites for hydroxylation is 2. The van der Waals surface area contributed by atoms with Gasteiger partial charge in [0.05, 0.1) is 5.71 Å². The molecular formula is C23H32N6O2. The molecule has 0 bridgehead atoms. The van der Waals surface area contributed by atoms with Gasteiger partial charge in [-0.05, 0) is 18.9 Å². The van der Waals surface area contributed by atoms with Gasteiger partial charge in [-0.1, -0.05) is 75.8 Å². The molecule has 2 heterocycles. The summed E-state index contributed by atoms with van der Waals surface area (Å²) in [5.74, 6) is 0.461. The van der Waals surface area contributed by atoms with Gasteiger partial charge in [0.15, 0.2) is 11.2 Å². The second-order valence-corrected chi connectivity index (χ2v) is 7.87. The van der Waals surface area contributed by atoms with Crippen molar-refractivity contribution in [2.24, 2.45) is 12.1 Å². The molecule has 0 aliphatic heterocycles. The average molecular weight is 425 g/mol. The molecule has 2 N–H and O–H groups in total. The third kappa shape index (κ3) is 5.51. The van der Waals surface area contributed by atoms with Crippen LogP contribution in [0.3, 0.4) is 0 Å². The molecule has 0 aliphatic rings. The van der Waals surface area contributed by atoms with Crippen LogP contribution in [-0.4, -0.2) is 24.8 Å². The molecule has 2 aromatic heterocycles. The number of H-pyrrole nitrogens is 1. The predicted octanol–water partition coefficient (Wildman–Crippen LogP) is 4.01. The van der Waals surface area contributed by atoms with Gasteiger partial charge in [-0.2, -0.15) is 10.1 Å². The molecule has 0 radical (unpaired) electrons. The number of fused-ring (bicyclic) bond motifs is 1. The highest BCUT2D eigenvalue weighted by Gasteiger charge is 2.17. The van der Waals surface area contributed by atoms with Crippen molar-refractivity contribution in [1.82, 2.24) is 19.1 Å². The van der Waals surface area contributed by atoms with Crippen molar-refractivity contribution in [3.63, 3.8) is 0 Å². The molecule has 8 nitrogen and oxygen atoms in total. The van der Waals surface area contributed by atoms with Gasteiger partial charge < -0.3 is 4.57 Å². The summed E-state index contributed by atoms with van der Waals surface area (Å²) in [6, 6.07) is 9.84. The molecule has 8 heteroatoms. The normalized spacial score (nSPS) is 11.9. The van der Waals surface area contributed by atoms with E-state index in [0.29, 0.717) is 23.7 Å². The van der Waals surface area contributed by atoms with Gasteiger partial charge >= 0.3 is 5.69 Å². The number of hydrogen-bond acceptors (Lipinski definition) is 5. The largest absolute Gasteiger partial charge is 0.329 e. The minimum Gasteiger partial charge on any atom is -0.303 e. The molecule has 0 saturated carbocycles. The second-order valence-electron chi connectivity index (χ2n) is 7.87. The van der Waals surface area contributed by atoms with Crippen molar-refractivity contribution in [1.29, 1.82) is 0 Å². The van der Waals surface area contributed by atoms with Crippen molar-refractivity contribution >= 4 is 22.8 Å². The zero-order valence-corrected chi connectivity index (χ0v) is 18.6. The number of nitrogens with zero attached hydrogens (tertiary/aromatic N) is 4. The molecule has 0 atom stereocenters. The van der Waals surface area contributed by atoms with Crippen molar-refractivity contribution < 1.29 is 0 Å². The van der Waals surface area contributed by atoms with Crippen LogP contribution in [0.15, 0.2) is 45.0 Å². The molecule has 3 rings (SSSR count). The van der Waals surface area contributed by atoms with Crippen LogP contribution in [0.5, 0.6) is 0 Å². The van der Waals surface area contributed by atoms with Crippen LogP contribution in [0.4, 0.5) is 5.95 Å². The monoisotopic (exact) mass is 424 g/mol. The fourth-order valence-corrected chi connectivity index (χ4v) is 3.64. The highest BCUT2D eigenvalue weighted by Crippen LogP contribution is 2.18. The predicted molar refractivity (Wildman–Crippen MR) is 126 cm³/mol. The summed E-state index contributed by atoms with van der Waals surface area (Å²) in [4.78, 5) is 31.5. The number of hydrogen-bond donors (Lipinski definition) is 2. The van der Waals surface area contributed by atoms with Gasteiger partial charge in [0, 0.05) is 13.6 Å². The first-order valence-corrected chi connectivity index (χ1v) is 11.1. The lowest BCUT2D eigenvalue weighted by Gasteiger charge is -2.09. The Morgan fingerprint density at radius 3 is 2.45 bits per heavy atom. The topological polar surface area (TPSA) is 97.1 Å². The Hall–Kier alpha value is -3.16. The van der Waals surface area contributed by atoms with Crippen molar-refractivity contribution in [2.75, 3.05) is 5.43 Å². The quantitative estimate of drug-likeness (QED) is 0.276. The number of hydrazone groups is 1. The Balaban J connectivity index is 1.84. The highest BCUT2D eigenvalue weighted by molar-refractivity contribution is 5.99. The summed E-state index contributed by atoms with van der Waals surface area (Å²) < 4.78 is 3.19. The minimum atomic E-state index is -0.478. The maximum Gasteiger partial charge on any atom is 0.329 e. The minimum absolute atomic E-state index is 0.353. The summed E-state index contributed by atoms with van der Waals surface area (Å²) in [6.45, 7) is 4.76. The molecule has 0 fully saturated rings. The van der Waals surface area contributed by atoms with E-state index in [-0.39, 0.29) is 0 Å². The van der Waals surface area contributed by atoms with Crippen LogP contribution in [0.1, 0.15) is 64.4 Å². The smallest absolute Gasteiger partial charge is 0.303 e. The van der Waals surface area contributed by atoms with Crippen molar-refractivity contribution in [3.8, 4) is 0 Å². The molecular weight excluding hydrogens is 392 g/mol. The number of rotatable bonds is 11. The van der Waals surface area contributed by atoms with E-state index in [1.54, 1.807) is 7.05 Å². The summed E-state index contributed by atoms with van der Waals surface area (Å²) in [5, 5.41) is 4.46. The number of benzene rings is 1. The fraction of sp³-hybridized carbons (Fsp3) is 0.478. The highest BCUT2D eigenvalue weighted by atomic mass is 16.2. The van der Waals surface area contributed by atoms with Crippen LogP contribution in [0, 0.1) is 0 Å². The standard InChI is InChI=1S/C23H32N6O2/c1-4-5-6-7-8-9-13-16-29-19-20(28(3)23(31)25-21(19)30)24-22(29)27-26-17(2)18-14-11-10-12-15-18/h10-12,14-15H,4-9,13,16H2,1-3H3,(H,24,27)(H,25,30,31)/b26-17+. The Morgan fingerprint density at radius 1 is 1.06 bits per heavy atom. The Morgan fingerprint density at radius 2 is 1.74 bits per heavy atom. The lowest BCUT2D eigenvalue weighted by Crippen LogP contribution is -2.29. The van der Waals surface area contributed by atoms with E-state index in [0.717, 1.165) is 24.1 Å². The number of imidazole rings is 1. The Kier molecular flexibility index (Phi) is 7.81. The van der Waals surface area contributed by atoms with Crippen LogP contribution >= 0.6 is 0 Å². The molecule has 0 unspecified atom stereocenters. The van der Waals surface area contributed by atoms with Crippen molar-refractivity contribution in [2.45, 2.75) is 65.3 Å². The van der Waals surface area contributed by atoms with Crippen LogP contribution in [-0.2, 0) is 13.6 Å². The molecule has 0 saturated heterocycles. The van der Waals surface area contributed by atoms with Gasteiger partial charge in [0.2, 0.25) is 5.95 Å². The van der Waals surface area contributed by atoms with Gasteiger partial charge in [0.25, 0.3) is 5.56 Å². The number of nitrogens with one attached hydrogen (secondary N) is 2. The SMILES string of the molecule is CCCCCCCCCn1c(N/N=C(\C)c2ccccc2)nc2c1c(=O)[nH]c(=O)n2C. The van der Waals surface area contributed by atoms with Crippen LogP contribution in [0.2, 0.25) is 0 Å². The van der Waals surface area contributed by atoms with E-state index in [1.807, 2.05) is 41.8 Å². The molecule has 3 aromatic rings. The van der Waals surface area contributed by atoms with E-state index < -0.39 is 11.2 Å². The van der Waals surface area contributed by atoms with E-state index in [2.05, 4.69) is 27.4 Å². The van der Waals surface area contributed by atoms with E-state index >= 15 is 0 Å². The molecule has 0 amide bonds.